The van der Waals surface area contributed by atoms with Gasteiger partial charge in [-0.15, -0.1) is 16.4 Å². The summed E-state index contributed by atoms with van der Waals surface area (Å²) in [5.41, 5.74) is 2.87. The average molecular weight is 411 g/mol. The molecule has 0 N–H and O–H groups in total. The van der Waals surface area contributed by atoms with Crippen molar-refractivity contribution in [3.8, 4) is 11.6 Å². The van der Waals surface area contributed by atoms with Crippen LogP contribution >= 0.6 is 11.3 Å². The van der Waals surface area contributed by atoms with Crippen molar-refractivity contribution in [3.63, 3.8) is 0 Å². The first-order chi connectivity index (χ1) is 14.2. The van der Waals surface area contributed by atoms with E-state index in [0.29, 0.717) is 5.88 Å². The molecule has 7 heteroatoms. The number of aryl methyl sites for hydroxylation is 1. The first-order valence-corrected chi connectivity index (χ1v) is 10.7. The molecule has 0 unspecified atom stereocenters. The number of para-hydroxylation sites is 1. The summed E-state index contributed by atoms with van der Waals surface area (Å²) in [7, 11) is 1.60. The summed E-state index contributed by atoms with van der Waals surface area (Å²) in [6.07, 6.45) is 9.85. The Morgan fingerprint density at radius 3 is 2.66 bits per heavy atom. The van der Waals surface area contributed by atoms with Crippen molar-refractivity contribution in [3.05, 3.63) is 52.7 Å². The van der Waals surface area contributed by atoms with Gasteiger partial charge in [0.15, 0.2) is 11.9 Å². The third kappa shape index (κ3) is 4.68. The number of piperidine rings is 1. The van der Waals surface area contributed by atoms with Gasteiger partial charge in [0.1, 0.15) is 0 Å². The van der Waals surface area contributed by atoms with Crippen LogP contribution in [0.5, 0.6) is 5.88 Å². The molecule has 0 spiro atoms. The van der Waals surface area contributed by atoms with E-state index < -0.39 is 0 Å². The highest BCUT2D eigenvalue weighted by molar-refractivity contribution is 7.15. The van der Waals surface area contributed by atoms with Gasteiger partial charge >= 0.3 is 0 Å². The predicted molar refractivity (Wildman–Crippen MR) is 118 cm³/mol. The Balaban J connectivity index is 1.58. The average Bonchev–Trinajstić information content (AvgIpc) is 3.35. The highest BCUT2D eigenvalue weighted by Crippen LogP contribution is 2.30. The predicted octanol–water partition coefficient (Wildman–Crippen LogP) is 4.78. The van der Waals surface area contributed by atoms with Crippen LogP contribution in [0, 0.1) is 6.92 Å². The van der Waals surface area contributed by atoms with E-state index in [-0.39, 0.29) is 6.79 Å². The molecule has 0 aliphatic carbocycles. The van der Waals surface area contributed by atoms with Crippen molar-refractivity contribution in [1.82, 2.24) is 14.8 Å². The van der Waals surface area contributed by atoms with Gasteiger partial charge in [-0.2, -0.15) is 0 Å². The molecule has 0 atom stereocenters. The lowest BCUT2D eigenvalue weighted by atomic mass is 10.1. The molecule has 1 aromatic carbocycles. The number of hydrogen-bond donors (Lipinski definition) is 0. The second-order valence-corrected chi connectivity index (χ2v) is 8.22. The summed E-state index contributed by atoms with van der Waals surface area (Å²) in [4.78, 5) is 8.49. The van der Waals surface area contributed by atoms with Gasteiger partial charge in [-0.3, -0.25) is 0 Å². The van der Waals surface area contributed by atoms with Crippen LogP contribution in [-0.4, -0.2) is 41.8 Å². The fourth-order valence-corrected chi connectivity index (χ4v) is 4.31. The summed E-state index contributed by atoms with van der Waals surface area (Å²) < 4.78 is 12.5. The third-order valence-electron chi connectivity index (χ3n) is 4.91. The zero-order valence-electron chi connectivity index (χ0n) is 16.9. The SMILES string of the molecule is COCOc1nn(-c2ccccc2)cc1C=Cc1nc(N2CCCCC2)sc1C. The van der Waals surface area contributed by atoms with E-state index >= 15 is 0 Å². The van der Waals surface area contributed by atoms with Crippen molar-refractivity contribution in [1.29, 1.82) is 0 Å². The zero-order chi connectivity index (χ0) is 20.1. The molecule has 3 heterocycles. The maximum Gasteiger partial charge on any atom is 0.242 e. The lowest BCUT2D eigenvalue weighted by Crippen LogP contribution is -2.29. The largest absolute Gasteiger partial charge is 0.449 e. The zero-order valence-corrected chi connectivity index (χ0v) is 17.7. The topological polar surface area (TPSA) is 52.4 Å². The molecular weight excluding hydrogens is 384 g/mol. The molecule has 1 fully saturated rings. The Kier molecular flexibility index (Phi) is 6.27. The number of nitrogens with zero attached hydrogens (tertiary/aromatic N) is 4. The quantitative estimate of drug-likeness (QED) is 0.525. The Morgan fingerprint density at radius 1 is 1.10 bits per heavy atom. The van der Waals surface area contributed by atoms with Gasteiger partial charge in [-0.1, -0.05) is 18.2 Å². The maximum absolute atomic E-state index is 5.68. The van der Waals surface area contributed by atoms with Crippen LogP contribution in [0.3, 0.4) is 0 Å². The standard InChI is InChI=1S/C22H26N4O2S/c1-17-20(23-22(29-17)25-13-7-4-8-14-25)12-11-18-15-26(19-9-5-3-6-10-19)24-21(18)28-16-27-2/h3,5-6,9-12,15H,4,7-8,13-14,16H2,1-2H3. The molecule has 6 nitrogen and oxygen atoms in total. The normalized spacial score (nSPS) is 14.6. The highest BCUT2D eigenvalue weighted by Gasteiger charge is 2.16. The van der Waals surface area contributed by atoms with Crippen LogP contribution < -0.4 is 9.64 Å². The highest BCUT2D eigenvalue weighted by atomic mass is 32.1. The minimum absolute atomic E-state index is 0.154. The second kappa shape index (κ2) is 9.24. The Hall–Kier alpha value is -2.64. The second-order valence-electron chi connectivity index (χ2n) is 7.04. The molecule has 2 aromatic heterocycles. The summed E-state index contributed by atoms with van der Waals surface area (Å²) in [6, 6.07) is 9.99. The smallest absolute Gasteiger partial charge is 0.242 e. The molecule has 29 heavy (non-hydrogen) atoms. The lowest BCUT2D eigenvalue weighted by molar-refractivity contribution is 0.0474. The van der Waals surface area contributed by atoms with Crippen LogP contribution in [0.2, 0.25) is 0 Å². The molecule has 1 saturated heterocycles. The summed E-state index contributed by atoms with van der Waals surface area (Å²) in [5, 5.41) is 5.69. The van der Waals surface area contributed by atoms with Gasteiger partial charge < -0.3 is 14.4 Å². The number of thiazole rings is 1. The molecule has 0 saturated carbocycles. The van der Waals surface area contributed by atoms with Crippen molar-refractivity contribution < 1.29 is 9.47 Å². The Labute approximate surface area is 175 Å². The Morgan fingerprint density at radius 2 is 1.90 bits per heavy atom. The summed E-state index contributed by atoms with van der Waals surface area (Å²) >= 11 is 1.77. The minimum atomic E-state index is 0.154. The van der Waals surface area contributed by atoms with Crippen LogP contribution in [-0.2, 0) is 4.74 Å². The van der Waals surface area contributed by atoms with Crippen LogP contribution in [0.15, 0.2) is 36.5 Å². The molecule has 3 aromatic rings. The molecule has 0 radical (unpaired) electrons. The van der Waals surface area contributed by atoms with E-state index in [1.807, 2.05) is 53.4 Å². The van der Waals surface area contributed by atoms with Gasteiger partial charge in [-0.05, 0) is 50.5 Å². The van der Waals surface area contributed by atoms with Gasteiger partial charge in [0.25, 0.3) is 0 Å². The number of ether oxygens (including phenoxy) is 2. The molecule has 152 valence electrons. The maximum atomic E-state index is 5.68. The minimum Gasteiger partial charge on any atom is -0.449 e. The summed E-state index contributed by atoms with van der Waals surface area (Å²) in [5.74, 6) is 0.538. The van der Waals surface area contributed by atoms with E-state index in [0.717, 1.165) is 35.2 Å². The monoisotopic (exact) mass is 410 g/mol. The molecular formula is C22H26N4O2S. The van der Waals surface area contributed by atoms with Gasteiger partial charge in [0.2, 0.25) is 5.88 Å². The van der Waals surface area contributed by atoms with Crippen molar-refractivity contribution in [2.24, 2.45) is 0 Å². The number of benzene rings is 1. The fourth-order valence-electron chi connectivity index (χ4n) is 3.36. The molecule has 1 aliphatic rings. The van der Waals surface area contributed by atoms with E-state index in [1.165, 1.54) is 24.1 Å². The lowest BCUT2D eigenvalue weighted by Gasteiger charge is -2.25. The first-order valence-electron chi connectivity index (χ1n) is 9.92. The van der Waals surface area contributed by atoms with E-state index in [2.05, 4.69) is 16.9 Å². The van der Waals surface area contributed by atoms with E-state index in [1.54, 1.807) is 18.4 Å². The third-order valence-corrected chi connectivity index (χ3v) is 5.96. The fraction of sp³-hybridized carbons (Fsp3) is 0.364. The molecule has 1 aliphatic heterocycles. The summed E-state index contributed by atoms with van der Waals surface area (Å²) in [6.45, 7) is 4.49. The van der Waals surface area contributed by atoms with Crippen LogP contribution in [0.1, 0.15) is 35.4 Å². The van der Waals surface area contributed by atoms with Gasteiger partial charge in [-0.25, -0.2) is 9.67 Å². The van der Waals surface area contributed by atoms with Crippen molar-refractivity contribution in [2.75, 3.05) is 31.9 Å². The number of anilines is 1. The van der Waals surface area contributed by atoms with Gasteiger partial charge in [0.05, 0.1) is 16.9 Å². The first kappa shape index (κ1) is 19.7. The molecule has 0 amide bonds. The Bertz CT molecular complexity index is 959. The van der Waals surface area contributed by atoms with Crippen LogP contribution in [0.4, 0.5) is 5.13 Å². The van der Waals surface area contributed by atoms with E-state index in [9.17, 15) is 0 Å². The van der Waals surface area contributed by atoms with Gasteiger partial charge in [0, 0.05) is 31.3 Å². The van der Waals surface area contributed by atoms with Crippen LogP contribution in [0.25, 0.3) is 17.8 Å². The van der Waals surface area contributed by atoms with Crippen molar-refractivity contribution >= 4 is 28.6 Å². The molecule has 4 rings (SSSR count). The number of hydrogen-bond acceptors (Lipinski definition) is 6. The number of methoxy groups -OCH3 is 1. The molecule has 0 bridgehead atoms. The number of rotatable bonds is 7. The number of aromatic nitrogens is 3. The van der Waals surface area contributed by atoms with Crippen molar-refractivity contribution in [2.45, 2.75) is 26.2 Å². The van der Waals surface area contributed by atoms with E-state index in [4.69, 9.17) is 14.5 Å².